The minimum atomic E-state index is -0.250. The van der Waals surface area contributed by atoms with Crippen LogP contribution in [0.15, 0.2) is 54.7 Å². The summed E-state index contributed by atoms with van der Waals surface area (Å²) in [7, 11) is 0. The molecule has 6 rings (SSSR count). The second-order valence-corrected chi connectivity index (χ2v) is 11.0. The number of imidazole rings is 1. The standard InChI is InChI=1S/C32H36FN7O/c33-26-4-1-3-24(20-26)30-5-2-12-40(30)31(35)8-9-32-36-22-28(37-32)23-6-7-29(25(19-23)21-34)39-13-10-27(11-14-39)38-15-17-41-18-16-38/h1,3-4,6-9,19-20,22,27,30,35H,2,5,10-18H2,(H,36,37)/b9-8-,35-31?. The van der Waals surface area contributed by atoms with E-state index >= 15 is 0 Å². The van der Waals surface area contributed by atoms with Crippen molar-refractivity contribution < 1.29 is 9.13 Å². The molecule has 212 valence electrons. The molecule has 0 bridgehead atoms. The molecule has 1 unspecified atom stereocenters. The maximum absolute atomic E-state index is 13.8. The van der Waals surface area contributed by atoms with Crippen LogP contribution in [0.2, 0.25) is 0 Å². The number of piperidine rings is 1. The molecule has 0 radical (unpaired) electrons. The van der Waals surface area contributed by atoms with E-state index in [1.54, 1.807) is 30.5 Å². The summed E-state index contributed by atoms with van der Waals surface area (Å²) in [6.07, 6.45) is 9.35. The molecule has 0 amide bonds. The molecule has 0 spiro atoms. The number of nitrogens with zero attached hydrogens (tertiary/aromatic N) is 5. The number of aromatic amines is 1. The third-order valence-electron chi connectivity index (χ3n) is 8.59. The van der Waals surface area contributed by atoms with Gasteiger partial charge in [0.1, 0.15) is 23.5 Å². The van der Waals surface area contributed by atoms with Gasteiger partial charge in [-0.2, -0.15) is 5.26 Å². The molecule has 3 aromatic rings. The van der Waals surface area contributed by atoms with Crippen LogP contribution in [-0.4, -0.2) is 77.6 Å². The van der Waals surface area contributed by atoms with Crippen LogP contribution in [0.4, 0.5) is 10.1 Å². The van der Waals surface area contributed by atoms with Crippen molar-refractivity contribution in [2.24, 2.45) is 0 Å². The second-order valence-electron chi connectivity index (χ2n) is 11.0. The molecule has 0 saturated carbocycles. The minimum Gasteiger partial charge on any atom is -0.379 e. The van der Waals surface area contributed by atoms with Gasteiger partial charge in [-0.15, -0.1) is 0 Å². The van der Waals surface area contributed by atoms with E-state index in [0.717, 1.165) is 94.1 Å². The van der Waals surface area contributed by atoms with E-state index in [0.29, 0.717) is 23.3 Å². The van der Waals surface area contributed by atoms with Crippen LogP contribution >= 0.6 is 0 Å². The quantitative estimate of drug-likeness (QED) is 0.321. The Balaban J connectivity index is 1.10. The highest BCUT2D eigenvalue weighted by Crippen LogP contribution is 2.33. The van der Waals surface area contributed by atoms with E-state index in [-0.39, 0.29) is 11.9 Å². The number of morpholine rings is 1. The molecule has 8 nitrogen and oxygen atoms in total. The number of nitriles is 1. The van der Waals surface area contributed by atoms with Gasteiger partial charge < -0.3 is 19.5 Å². The topological polar surface area (TPSA) is 95.3 Å². The Morgan fingerprint density at radius 3 is 2.68 bits per heavy atom. The molecule has 0 aliphatic carbocycles. The lowest BCUT2D eigenvalue weighted by molar-refractivity contribution is 0.0115. The fourth-order valence-electron chi connectivity index (χ4n) is 6.42. The number of likely N-dealkylation sites (tertiary alicyclic amines) is 1. The van der Waals surface area contributed by atoms with E-state index in [9.17, 15) is 9.65 Å². The Labute approximate surface area is 240 Å². The Morgan fingerprint density at radius 2 is 1.90 bits per heavy atom. The molecule has 3 saturated heterocycles. The summed E-state index contributed by atoms with van der Waals surface area (Å²) >= 11 is 0. The van der Waals surface area contributed by atoms with Gasteiger partial charge in [-0.1, -0.05) is 18.2 Å². The van der Waals surface area contributed by atoms with Gasteiger partial charge in [0.25, 0.3) is 0 Å². The van der Waals surface area contributed by atoms with Gasteiger partial charge >= 0.3 is 0 Å². The minimum absolute atomic E-state index is 0.00286. The van der Waals surface area contributed by atoms with Gasteiger partial charge in [0.15, 0.2) is 0 Å². The molecule has 4 heterocycles. The largest absolute Gasteiger partial charge is 0.379 e. The molecular formula is C32H36FN7O. The highest BCUT2D eigenvalue weighted by atomic mass is 19.1. The van der Waals surface area contributed by atoms with Crippen molar-refractivity contribution in [3.63, 3.8) is 0 Å². The number of benzene rings is 2. The zero-order valence-corrected chi connectivity index (χ0v) is 23.2. The summed E-state index contributed by atoms with van der Waals surface area (Å²) in [5.41, 5.74) is 4.28. The smallest absolute Gasteiger partial charge is 0.130 e. The summed E-state index contributed by atoms with van der Waals surface area (Å²) in [4.78, 5) is 14.7. The van der Waals surface area contributed by atoms with Crippen LogP contribution in [0, 0.1) is 22.6 Å². The van der Waals surface area contributed by atoms with Crippen molar-refractivity contribution in [3.8, 4) is 17.3 Å². The second kappa shape index (κ2) is 12.2. The summed E-state index contributed by atoms with van der Waals surface area (Å²) < 4.78 is 19.3. The van der Waals surface area contributed by atoms with Crippen molar-refractivity contribution in [3.05, 3.63) is 77.5 Å². The molecule has 9 heteroatoms. The van der Waals surface area contributed by atoms with Crippen LogP contribution in [0.3, 0.4) is 0 Å². The average Bonchev–Trinajstić information content (AvgIpc) is 3.71. The monoisotopic (exact) mass is 553 g/mol. The Bertz CT molecular complexity index is 1450. The lowest BCUT2D eigenvalue weighted by Crippen LogP contribution is -2.49. The van der Waals surface area contributed by atoms with E-state index < -0.39 is 0 Å². The number of H-pyrrole nitrogens is 1. The fraction of sp³-hybridized carbons (Fsp3) is 0.406. The number of nitrogens with one attached hydrogen (secondary N) is 2. The van der Waals surface area contributed by atoms with Crippen molar-refractivity contribution >= 4 is 17.6 Å². The predicted molar refractivity (Wildman–Crippen MR) is 158 cm³/mol. The molecule has 2 N–H and O–H groups in total. The van der Waals surface area contributed by atoms with E-state index in [2.05, 4.69) is 31.9 Å². The number of hydrogen-bond acceptors (Lipinski definition) is 6. The number of ether oxygens (including phenoxy) is 1. The van der Waals surface area contributed by atoms with Crippen molar-refractivity contribution in [1.82, 2.24) is 19.8 Å². The van der Waals surface area contributed by atoms with Gasteiger partial charge in [0, 0.05) is 44.3 Å². The molecule has 1 atom stereocenters. The number of aromatic nitrogens is 2. The first-order valence-corrected chi connectivity index (χ1v) is 14.5. The average molecular weight is 554 g/mol. The Hall–Kier alpha value is -4.00. The summed E-state index contributed by atoms with van der Waals surface area (Å²) in [5.74, 6) is 0.766. The first-order valence-electron chi connectivity index (χ1n) is 14.5. The zero-order chi connectivity index (χ0) is 28.2. The van der Waals surface area contributed by atoms with Gasteiger partial charge in [0.05, 0.1) is 42.4 Å². The maximum Gasteiger partial charge on any atom is 0.130 e. The van der Waals surface area contributed by atoms with Crippen molar-refractivity contribution in [1.29, 1.82) is 10.7 Å². The Kier molecular flexibility index (Phi) is 8.12. The van der Waals surface area contributed by atoms with Crippen molar-refractivity contribution in [2.45, 2.75) is 37.8 Å². The molecule has 41 heavy (non-hydrogen) atoms. The first kappa shape index (κ1) is 27.2. The molecule has 1 aromatic heterocycles. The number of anilines is 1. The molecule has 3 fully saturated rings. The Morgan fingerprint density at radius 1 is 1.07 bits per heavy atom. The molecule has 2 aromatic carbocycles. The third kappa shape index (κ3) is 6.04. The number of halogens is 1. The number of amidine groups is 1. The summed E-state index contributed by atoms with van der Waals surface area (Å²) in [5, 5.41) is 18.6. The van der Waals surface area contributed by atoms with Crippen molar-refractivity contribution in [2.75, 3.05) is 50.8 Å². The lowest BCUT2D eigenvalue weighted by atomic mass is 10.00. The number of rotatable bonds is 6. The lowest BCUT2D eigenvalue weighted by Gasteiger charge is -2.41. The van der Waals surface area contributed by atoms with E-state index in [4.69, 9.17) is 10.1 Å². The molecule has 3 aliphatic heterocycles. The first-order chi connectivity index (χ1) is 20.1. The zero-order valence-electron chi connectivity index (χ0n) is 23.2. The third-order valence-corrected chi connectivity index (χ3v) is 8.59. The SMILES string of the molecule is N#Cc1cc(-c2cnc(/C=C\C(=N)N3CCCC3c3cccc(F)c3)[nH]2)ccc1N1CCC(N2CCOCC2)CC1. The van der Waals surface area contributed by atoms with Crippen LogP contribution < -0.4 is 4.90 Å². The summed E-state index contributed by atoms with van der Waals surface area (Å²) in [6.45, 7) is 6.32. The van der Waals surface area contributed by atoms with Crippen LogP contribution in [-0.2, 0) is 4.74 Å². The van der Waals surface area contributed by atoms with Gasteiger partial charge in [0.2, 0.25) is 0 Å². The summed E-state index contributed by atoms with van der Waals surface area (Å²) in [6, 6.07) is 15.7. The molecular weight excluding hydrogens is 517 g/mol. The maximum atomic E-state index is 13.8. The van der Waals surface area contributed by atoms with Gasteiger partial charge in [-0.25, -0.2) is 9.37 Å². The molecule has 3 aliphatic rings. The van der Waals surface area contributed by atoms with Crippen LogP contribution in [0.25, 0.3) is 17.3 Å². The van der Waals surface area contributed by atoms with E-state index in [1.165, 1.54) is 6.07 Å². The highest BCUT2D eigenvalue weighted by molar-refractivity contribution is 5.94. The predicted octanol–water partition coefficient (Wildman–Crippen LogP) is 5.22. The van der Waals surface area contributed by atoms with E-state index in [1.807, 2.05) is 23.1 Å². The van der Waals surface area contributed by atoms with Gasteiger partial charge in [-0.05, 0) is 67.7 Å². The fourth-order valence-corrected chi connectivity index (χ4v) is 6.42. The van der Waals surface area contributed by atoms with Crippen LogP contribution in [0.1, 0.15) is 48.7 Å². The van der Waals surface area contributed by atoms with Gasteiger partial charge in [-0.3, -0.25) is 10.3 Å². The highest BCUT2D eigenvalue weighted by Gasteiger charge is 2.28. The van der Waals surface area contributed by atoms with Crippen LogP contribution in [0.5, 0.6) is 0 Å². The number of hydrogen-bond donors (Lipinski definition) is 2. The normalized spacial score (nSPS) is 20.5.